The second-order valence-corrected chi connectivity index (χ2v) is 8.29. The minimum Gasteiger partial charge on any atom is -0.303 e. The average molecular weight is 390 g/mol. The lowest BCUT2D eigenvalue weighted by Gasteiger charge is -2.33. The number of likely N-dealkylation sites (tertiary alicyclic amines) is 1. The Kier molecular flexibility index (Phi) is 5.77. The zero-order valence-corrected chi connectivity index (χ0v) is 17.0. The topological polar surface area (TPSA) is 20.3 Å². The number of rotatable bonds is 5. The molecule has 1 heterocycles. The van der Waals surface area contributed by atoms with Crippen LogP contribution in [0.5, 0.6) is 0 Å². The van der Waals surface area contributed by atoms with E-state index in [2.05, 4.69) is 48.8 Å². The molecule has 0 saturated carbocycles. The molecule has 1 atom stereocenters. The summed E-state index contributed by atoms with van der Waals surface area (Å²) < 4.78 is 13.1. The molecule has 0 radical (unpaired) electrons. The lowest BCUT2D eigenvalue weighted by atomic mass is 9.77. The van der Waals surface area contributed by atoms with Crippen LogP contribution in [0.4, 0.5) is 4.39 Å². The maximum absolute atomic E-state index is 13.1. The van der Waals surface area contributed by atoms with Crippen molar-refractivity contribution in [1.29, 1.82) is 0 Å². The maximum Gasteiger partial charge on any atom is 0.166 e. The van der Waals surface area contributed by atoms with E-state index >= 15 is 0 Å². The number of allylic oxidation sites excluding steroid dienone is 8. The molecule has 2 nitrogen and oxygen atoms in total. The maximum atomic E-state index is 13.1. The number of fused-ring (bicyclic) bond motifs is 1. The summed E-state index contributed by atoms with van der Waals surface area (Å²) in [5.41, 5.74) is 5.88. The van der Waals surface area contributed by atoms with Crippen LogP contribution in [-0.4, -0.2) is 30.3 Å². The van der Waals surface area contributed by atoms with Crippen molar-refractivity contribution in [3.63, 3.8) is 0 Å². The Balaban J connectivity index is 1.32. The number of carbonyl (C=O) groups is 1. The fraction of sp³-hybridized carbons (Fsp3) is 0.346. The zero-order valence-electron chi connectivity index (χ0n) is 17.0. The van der Waals surface area contributed by atoms with Gasteiger partial charge in [-0.1, -0.05) is 37.0 Å². The molecule has 1 unspecified atom stereocenters. The number of ketones is 1. The van der Waals surface area contributed by atoms with Gasteiger partial charge < -0.3 is 4.90 Å². The van der Waals surface area contributed by atoms with E-state index in [1.54, 1.807) is 12.1 Å². The fourth-order valence-electron chi connectivity index (χ4n) is 4.69. The Morgan fingerprint density at radius 2 is 1.90 bits per heavy atom. The molecule has 2 aliphatic carbocycles. The number of Topliss-reactive ketones (excluding diaryl/α,β-unsaturated/α-hetero) is 1. The largest absolute Gasteiger partial charge is 0.303 e. The van der Waals surface area contributed by atoms with Gasteiger partial charge in [-0.2, -0.15) is 0 Å². The highest BCUT2D eigenvalue weighted by Gasteiger charge is 2.27. The first kappa shape index (κ1) is 19.8. The van der Waals surface area contributed by atoms with E-state index in [9.17, 15) is 9.18 Å². The van der Waals surface area contributed by atoms with Gasteiger partial charge in [0.25, 0.3) is 0 Å². The van der Waals surface area contributed by atoms with E-state index < -0.39 is 0 Å². The van der Waals surface area contributed by atoms with Gasteiger partial charge in [-0.05, 0) is 85.8 Å². The van der Waals surface area contributed by atoms with Gasteiger partial charge in [0, 0.05) is 23.9 Å². The third-order valence-electron chi connectivity index (χ3n) is 6.45. The highest BCUT2D eigenvalue weighted by atomic mass is 19.1. The Morgan fingerprint density at radius 3 is 2.62 bits per heavy atom. The van der Waals surface area contributed by atoms with E-state index in [-0.39, 0.29) is 17.5 Å². The summed E-state index contributed by atoms with van der Waals surface area (Å²) in [6.45, 7) is 9.45. The molecule has 1 aromatic rings. The number of hydrogen-bond donors (Lipinski definition) is 0. The molecular weight excluding hydrogens is 361 g/mol. The van der Waals surface area contributed by atoms with E-state index in [1.807, 2.05) is 0 Å². The van der Waals surface area contributed by atoms with Crippen LogP contribution < -0.4 is 0 Å². The second-order valence-electron chi connectivity index (χ2n) is 8.29. The first-order valence-electron chi connectivity index (χ1n) is 10.5. The van der Waals surface area contributed by atoms with Crippen LogP contribution in [0.2, 0.25) is 0 Å². The van der Waals surface area contributed by atoms with E-state index in [1.165, 1.54) is 34.4 Å². The van der Waals surface area contributed by atoms with Gasteiger partial charge in [0.05, 0.1) is 0 Å². The van der Waals surface area contributed by atoms with Gasteiger partial charge in [0.15, 0.2) is 5.78 Å². The quantitative estimate of drug-likeness (QED) is 0.605. The van der Waals surface area contributed by atoms with Crippen molar-refractivity contribution < 1.29 is 9.18 Å². The Hall–Kier alpha value is -2.52. The van der Waals surface area contributed by atoms with Crippen LogP contribution in [-0.2, 0) is 0 Å². The Labute approximate surface area is 172 Å². The highest BCUT2D eigenvalue weighted by Crippen LogP contribution is 2.38. The van der Waals surface area contributed by atoms with Crippen LogP contribution in [0, 0.1) is 17.7 Å². The molecule has 0 N–H and O–H groups in total. The smallest absolute Gasteiger partial charge is 0.166 e. The molecule has 4 rings (SSSR count). The normalized spacial score (nSPS) is 22.6. The van der Waals surface area contributed by atoms with Crippen LogP contribution in [0.3, 0.4) is 0 Å². The van der Waals surface area contributed by atoms with Crippen molar-refractivity contribution in [2.24, 2.45) is 11.8 Å². The summed E-state index contributed by atoms with van der Waals surface area (Å²) >= 11 is 0. The van der Waals surface area contributed by atoms with Crippen molar-refractivity contribution in [3.8, 4) is 0 Å². The summed E-state index contributed by atoms with van der Waals surface area (Å²) in [5, 5.41) is 0. The van der Waals surface area contributed by atoms with E-state index in [4.69, 9.17) is 0 Å². The average Bonchev–Trinajstić information content (AvgIpc) is 2.74. The molecule has 0 spiro atoms. The van der Waals surface area contributed by atoms with Gasteiger partial charge in [0.1, 0.15) is 5.82 Å². The Morgan fingerprint density at radius 1 is 1.17 bits per heavy atom. The number of piperidine rings is 1. The van der Waals surface area contributed by atoms with Crippen LogP contribution in [0.15, 0.2) is 83.5 Å². The highest BCUT2D eigenvalue weighted by molar-refractivity contribution is 5.97. The summed E-state index contributed by atoms with van der Waals surface area (Å²) in [4.78, 5) is 15.1. The molecule has 3 aliphatic rings. The van der Waals surface area contributed by atoms with Crippen molar-refractivity contribution in [2.75, 3.05) is 19.6 Å². The molecule has 0 bridgehead atoms. The van der Waals surface area contributed by atoms with Crippen molar-refractivity contribution in [2.45, 2.75) is 26.2 Å². The number of carbonyl (C=O) groups excluding carboxylic acids is 1. The third kappa shape index (κ3) is 4.25. The Bertz CT molecular complexity index is 924. The zero-order chi connectivity index (χ0) is 20.4. The lowest BCUT2D eigenvalue weighted by Crippen LogP contribution is -2.37. The van der Waals surface area contributed by atoms with E-state index in [0.717, 1.165) is 38.9 Å². The summed E-state index contributed by atoms with van der Waals surface area (Å²) in [6.07, 6.45) is 13.6. The lowest BCUT2D eigenvalue weighted by molar-refractivity contribution is 0.0841. The van der Waals surface area contributed by atoms with Crippen molar-refractivity contribution in [3.05, 3.63) is 94.9 Å². The fourth-order valence-corrected chi connectivity index (χ4v) is 4.69. The molecule has 3 heteroatoms. The van der Waals surface area contributed by atoms with Crippen LogP contribution >= 0.6 is 0 Å². The number of halogens is 1. The molecule has 0 aromatic heterocycles. The van der Waals surface area contributed by atoms with Gasteiger partial charge in [-0.15, -0.1) is 0 Å². The molecule has 150 valence electrons. The summed E-state index contributed by atoms with van der Waals surface area (Å²) in [7, 11) is 0. The van der Waals surface area contributed by atoms with Gasteiger partial charge in [0.2, 0.25) is 0 Å². The minimum atomic E-state index is -0.299. The van der Waals surface area contributed by atoms with Gasteiger partial charge in [-0.25, -0.2) is 4.39 Å². The van der Waals surface area contributed by atoms with Gasteiger partial charge in [-0.3, -0.25) is 4.79 Å². The van der Waals surface area contributed by atoms with Crippen LogP contribution in [0.1, 0.15) is 36.5 Å². The molecule has 29 heavy (non-hydrogen) atoms. The number of nitrogens with zero attached hydrogens (tertiary/aromatic N) is 1. The molecule has 1 aliphatic heterocycles. The van der Waals surface area contributed by atoms with Crippen molar-refractivity contribution >= 4 is 5.78 Å². The van der Waals surface area contributed by atoms with Crippen molar-refractivity contribution in [1.82, 2.24) is 4.90 Å². The molecular formula is C26H28FNO. The molecule has 0 amide bonds. The number of benzene rings is 1. The summed E-state index contributed by atoms with van der Waals surface area (Å²) in [5.74, 6) is 0.218. The predicted molar refractivity (Wildman–Crippen MR) is 116 cm³/mol. The third-order valence-corrected chi connectivity index (χ3v) is 6.45. The monoisotopic (exact) mass is 389 g/mol. The molecule has 1 aromatic carbocycles. The number of hydrogen-bond acceptors (Lipinski definition) is 2. The summed E-state index contributed by atoms with van der Waals surface area (Å²) in [6, 6.07) is 5.94. The van der Waals surface area contributed by atoms with Crippen LogP contribution in [0.25, 0.3) is 0 Å². The minimum absolute atomic E-state index is 0.0481. The first-order chi connectivity index (χ1) is 14.0. The second kappa shape index (κ2) is 8.46. The SMILES string of the molecule is C=C1C(CCN2CCC(C(=O)c3ccc(F)cc3)CC2)=C(C)C=C2C=CC=CC12. The first-order valence-corrected chi connectivity index (χ1v) is 10.5. The van der Waals surface area contributed by atoms with Gasteiger partial charge >= 0.3 is 0 Å². The van der Waals surface area contributed by atoms with E-state index in [0.29, 0.717) is 11.5 Å². The molecule has 1 fully saturated rings. The molecule has 1 saturated heterocycles. The predicted octanol–water partition coefficient (Wildman–Crippen LogP) is 5.67. The standard InChI is InChI=1S/C26H28FNO/c1-18-17-22-5-3-4-6-25(22)19(2)24(18)13-16-28-14-11-21(12-15-28)26(29)20-7-9-23(27)10-8-20/h3-10,17,21,25H,2,11-16H2,1H3.